The van der Waals surface area contributed by atoms with Crippen LogP contribution in [0.3, 0.4) is 0 Å². The molecule has 3 heterocycles. The molecule has 250 valence electrons. The van der Waals surface area contributed by atoms with E-state index in [1.165, 1.54) is 27.1 Å². The summed E-state index contributed by atoms with van der Waals surface area (Å²) < 4.78 is 0. The molecule has 0 bridgehead atoms. The Bertz CT molecular complexity index is 2830. The first-order valence-corrected chi connectivity index (χ1v) is 18.0. The van der Waals surface area contributed by atoms with Crippen LogP contribution >= 0.6 is 0 Å². The first kappa shape index (κ1) is 30.9. The third kappa shape index (κ3) is 5.53. The molecule has 0 amide bonds. The number of benzene rings is 7. The molecular formula is C49H34N4. The second-order valence-corrected chi connectivity index (χ2v) is 13.8. The normalized spacial score (nSPS) is 14.5. The zero-order chi connectivity index (χ0) is 35.3. The monoisotopic (exact) mass is 678 g/mol. The summed E-state index contributed by atoms with van der Waals surface area (Å²) in [6.45, 7) is 0. The molecule has 4 nitrogen and oxygen atoms in total. The highest BCUT2D eigenvalue weighted by Crippen LogP contribution is 2.39. The van der Waals surface area contributed by atoms with Gasteiger partial charge in [-0.1, -0.05) is 109 Å². The lowest BCUT2D eigenvalue weighted by molar-refractivity contribution is 0.437. The maximum Gasteiger partial charge on any atom is 0.137 e. The topological polar surface area (TPSA) is 41.4 Å². The number of nitrogens with zero attached hydrogens (tertiary/aromatic N) is 4. The van der Waals surface area contributed by atoms with E-state index in [0.29, 0.717) is 0 Å². The van der Waals surface area contributed by atoms with Crippen LogP contribution in [0, 0.1) is 0 Å². The van der Waals surface area contributed by atoms with Crippen molar-refractivity contribution in [1.82, 2.24) is 14.9 Å². The van der Waals surface area contributed by atoms with E-state index in [0.717, 1.165) is 66.7 Å². The highest BCUT2D eigenvalue weighted by atomic mass is 15.2. The minimum absolute atomic E-state index is 0.0619. The Balaban J connectivity index is 1.21. The van der Waals surface area contributed by atoms with Gasteiger partial charge in [-0.2, -0.15) is 0 Å². The Morgan fingerprint density at radius 2 is 1.00 bits per heavy atom. The first-order chi connectivity index (χ1) is 26.2. The van der Waals surface area contributed by atoms with Crippen LogP contribution in [-0.2, 0) is 0 Å². The summed E-state index contributed by atoms with van der Waals surface area (Å²) in [6, 6.07) is 58.5. The van der Waals surface area contributed by atoms with Crippen LogP contribution < -0.4 is 0 Å². The number of aliphatic imine (C=N–C) groups is 1. The van der Waals surface area contributed by atoms with Crippen molar-refractivity contribution in [2.24, 2.45) is 4.99 Å². The number of rotatable bonds is 5. The van der Waals surface area contributed by atoms with E-state index in [1.807, 2.05) is 24.5 Å². The standard InChI is InChI=1S/C49H34N4/c1-53-48(44-19-7-13-33-11-3-5-17-42(33)44)31-47(43-18-6-12-32-10-2-4-16-41(32)43)52-49(53)40-29-38(34-20-22-45-36(26-34)14-8-24-50-45)28-39(30-40)35-21-23-46-37(27-35)15-9-25-51-46/h2-31,48H,1H3. The van der Waals surface area contributed by atoms with Crippen LogP contribution in [0.15, 0.2) is 187 Å². The molecule has 0 fully saturated rings. The summed E-state index contributed by atoms with van der Waals surface area (Å²) in [5.74, 6) is 0.918. The highest BCUT2D eigenvalue weighted by Gasteiger charge is 2.28. The van der Waals surface area contributed by atoms with Gasteiger partial charge in [-0.05, 0) is 110 Å². The van der Waals surface area contributed by atoms with Crippen molar-refractivity contribution >= 4 is 54.9 Å². The number of amidine groups is 1. The van der Waals surface area contributed by atoms with Gasteiger partial charge in [0.1, 0.15) is 5.84 Å². The second kappa shape index (κ2) is 12.7. The molecule has 1 unspecified atom stereocenters. The molecule has 10 rings (SSSR count). The minimum atomic E-state index is -0.0619. The Hall–Kier alpha value is -6.91. The van der Waals surface area contributed by atoms with Gasteiger partial charge < -0.3 is 4.90 Å². The fourth-order valence-electron chi connectivity index (χ4n) is 7.90. The predicted molar refractivity (Wildman–Crippen MR) is 221 cm³/mol. The van der Waals surface area contributed by atoms with Gasteiger partial charge in [0.15, 0.2) is 0 Å². The largest absolute Gasteiger partial charge is 0.349 e. The molecule has 0 saturated carbocycles. The van der Waals surface area contributed by atoms with Crippen LogP contribution in [0.25, 0.3) is 71.3 Å². The lowest BCUT2D eigenvalue weighted by Gasteiger charge is -2.34. The average Bonchev–Trinajstić information content (AvgIpc) is 3.23. The van der Waals surface area contributed by atoms with Gasteiger partial charge in [0, 0.05) is 41.3 Å². The molecule has 0 N–H and O–H groups in total. The fourth-order valence-corrected chi connectivity index (χ4v) is 7.90. The van der Waals surface area contributed by atoms with E-state index < -0.39 is 0 Å². The summed E-state index contributed by atoms with van der Waals surface area (Å²) in [6.07, 6.45) is 6.03. The lowest BCUT2D eigenvalue weighted by Crippen LogP contribution is -2.33. The molecule has 9 aromatic rings. The molecule has 4 heteroatoms. The van der Waals surface area contributed by atoms with E-state index in [-0.39, 0.29) is 6.04 Å². The van der Waals surface area contributed by atoms with Gasteiger partial charge >= 0.3 is 0 Å². The summed E-state index contributed by atoms with van der Waals surface area (Å²) in [5.41, 5.74) is 10.8. The lowest BCUT2D eigenvalue weighted by atomic mass is 9.91. The van der Waals surface area contributed by atoms with Crippen LogP contribution in [0.4, 0.5) is 0 Å². The molecule has 0 aliphatic carbocycles. The second-order valence-electron chi connectivity index (χ2n) is 13.8. The molecular weight excluding hydrogens is 645 g/mol. The Labute approximate surface area is 308 Å². The summed E-state index contributed by atoms with van der Waals surface area (Å²) in [4.78, 5) is 17.1. The maximum atomic E-state index is 5.56. The number of fused-ring (bicyclic) bond motifs is 4. The van der Waals surface area contributed by atoms with Gasteiger partial charge in [0.2, 0.25) is 0 Å². The van der Waals surface area contributed by atoms with Crippen molar-refractivity contribution in [2.45, 2.75) is 6.04 Å². The van der Waals surface area contributed by atoms with Crippen molar-refractivity contribution in [1.29, 1.82) is 0 Å². The number of hydrogen-bond donors (Lipinski definition) is 0. The first-order valence-electron chi connectivity index (χ1n) is 18.0. The van der Waals surface area contributed by atoms with Crippen molar-refractivity contribution in [3.05, 3.63) is 199 Å². The number of likely N-dealkylation sites (N-methyl/N-ethyl adjacent to an activating group) is 1. The molecule has 0 spiro atoms. The summed E-state index contributed by atoms with van der Waals surface area (Å²) in [7, 11) is 2.18. The van der Waals surface area contributed by atoms with Gasteiger partial charge in [-0.15, -0.1) is 0 Å². The average molecular weight is 679 g/mol. The molecule has 7 aromatic carbocycles. The third-order valence-corrected chi connectivity index (χ3v) is 10.6. The van der Waals surface area contributed by atoms with Crippen molar-refractivity contribution in [3.8, 4) is 22.3 Å². The molecule has 0 saturated heterocycles. The van der Waals surface area contributed by atoms with Crippen LogP contribution in [0.5, 0.6) is 0 Å². The van der Waals surface area contributed by atoms with Gasteiger partial charge in [-0.25, -0.2) is 4.99 Å². The fraction of sp³-hybridized carbons (Fsp3) is 0.0408. The Kier molecular flexibility index (Phi) is 7.40. The van der Waals surface area contributed by atoms with E-state index in [4.69, 9.17) is 4.99 Å². The SMILES string of the molecule is CN1C(c2cc(-c3ccc4ncccc4c3)cc(-c3ccc4ncccc4c3)c2)=NC(c2cccc3ccccc23)=CC1c1cccc2ccccc12. The number of pyridine rings is 2. The van der Waals surface area contributed by atoms with Crippen molar-refractivity contribution in [3.63, 3.8) is 0 Å². The van der Waals surface area contributed by atoms with Crippen LogP contribution in [0.1, 0.15) is 22.7 Å². The molecule has 0 radical (unpaired) electrons. The minimum Gasteiger partial charge on any atom is -0.349 e. The molecule has 53 heavy (non-hydrogen) atoms. The van der Waals surface area contributed by atoms with Crippen LogP contribution in [0.2, 0.25) is 0 Å². The summed E-state index contributed by atoms with van der Waals surface area (Å²) in [5, 5.41) is 7.07. The highest BCUT2D eigenvalue weighted by molar-refractivity contribution is 6.07. The molecule has 1 aliphatic heterocycles. The molecule has 2 aromatic heterocycles. The predicted octanol–water partition coefficient (Wildman–Crippen LogP) is 11.9. The zero-order valence-corrected chi connectivity index (χ0v) is 29.2. The number of aromatic nitrogens is 2. The van der Waals surface area contributed by atoms with Gasteiger partial charge in [0.25, 0.3) is 0 Å². The third-order valence-electron chi connectivity index (χ3n) is 10.6. The van der Waals surface area contributed by atoms with Crippen LogP contribution in [-0.4, -0.2) is 27.8 Å². The van der Waals surface area contributed by atoms with E-state index in [9.17, 15) is 0 Å². The van der Waals surface area contributed by atoms with E-state index in [2.05, 4.69) is 180 Å². The zero-order valence-electron chi connectivity index (χ0n) is 29.2. The van der Waals surface area contributed by atoms with Gasteiger partial charge in [0.05, 0.1) is 22.8 Å². The molecule has 1 aliphatic rings. The van der Waals surface area contributed by atoms with E-state index in [1.54, 1.807) is 0 Å². The Morgan fingerprint density at radius 1 is 0.453 bits per heavy atom. The quantitative estimate of drug-likeness (QED) is 0.182. The van der Waals surface area contributed by atoms with Crippen molar-refractivity contribution < 1.29 is 0 Å². The van der Waals surface area contributed by atoms with E-state index >= 15 is 0 Å². The van der Waals surface area contributed by atoms with Gasteiger partial charge in [-0.3, -0.25) is 9.97 Å². The Morgan fingerprint density at radius 3 is 1.68 bits per heavy atom. The summed E-state index contributed by atoms with van der Waals surface area (Å²) >= 11 is 0. The van der Waals surface area contributed by atoms with Crippen molar-refractivity contribution in [2.75, 3.05) is 7.05 Å². The maximum absolute atomic E-state index is 5.56. The molecule has 1 atom stereocenters. The smallest absolute Gasteiger partial charge is 0.137 e. The number of hydrogen-bond acceptors (Lipinski definition) is 4.